The maximum Gasteiger partial charge on any atom is 0.0985 e. The number of thioether (sulfide) groups is 1. The number of hydrogen-bond donors (Lipinski definition) is 1. The van der Waals surface area contributed by atoms with Crippen LogP contribution < -0.4 is 0 Å². The average Bonchev–Trinajstić information content (AvgIpc) is 2.98. The Bertz CT molecular complexity index is 675. The molecule has 2 atom stereocenters. The molecular weight excluding hydrogens is 327 g/mol. The SMILES string of the molecule is C=CC[C@@]1(Cn2ccnc2)Sc2cc(Cl)cc(Cl)c2[C@@H]1O. The smallest absolute Gasteiger partial charge is 0.0985 e. The van der Waals surface area contributed by atoms with Gasteiger partial charge in [0.05, 0.1) is 17.2 Å². The minimum Gasteiger partial charge on any atom is -0.387 e. The van der Waals surface area contributed by atoms with E-state index in [4.69, 9.17) is 23.2 Å². The van der Waals surface area contributed by atoms with E-state index < -0.39 is 10.9 Å². The molecule has 0 radical (unpaired) electrons. The molecule has 1 aromatic carbocycles. The van der Waals surface area contributed by atoms with Crippen molar-refractivity contribution in [3.05, 3.63) is 59.1 Å². The highest BCUT2D eigenvalue weighted by Gasteiger charge is 2.47. The fraction of sp³-hybridized carbons (Fsp3) is 0.267. The second-order valence-corrected chi connectivity index (χ2v) is 7.40. The van der Waals surface area contributed by atoms with Gasteiger partial charge in [-0.25, -0.2) is 4.98 Å². The summed E-state index contributed by atoms with van der Waals surface area (Å²) in [7, 11) is 0. The van der Waals surface area contributed by atoms with E-state index in [-0.39, 0.29) is 0 Å². The first-order valence-corrected chi connectivity index (χ1v) is 8.05. The van der Waals surface area contributed by atoms with Crippen LogP contribution in [0.4, 0.5) is 0 Å². The van der Waals surface area contributed by atoms with Gasteiger partial charge in [-0.15, -0.1) is 18.3 Å². The largest absolute Gasteiger partial charge is 0.387 e. The Balaban J connectivity index is 2.03. The van der Waals surface area contributed by atoms with E-state index in [9.17, 15) is 5.11 Å². The van der Waals surface area contributed by atoms with Crippen LogP contribution in [0.5, 0.6) is 0 Å². The minimum atomic E-state index is -0.678. The third kappa shape index (κ3) is 2.61. The molecule has 2 aromatic rings. The molecule has 6 heteroatoms. The molecule has 2 heterocycles. The number of aliphatic hydroxyl groups excluding tert-OH is 1. The molecule has 1 aromatic heterocycles. The van der Waals surface area contributed by atoms with Crippen LogP contribution in [0.25, 0.3) is 0 Å². The summed E-state index contributed by atoms with van der Waals surface area (Å²) in [5.41, 5.74) is 0.757. The summed E-state index contributed by atoms with van der Waals surface area (Å²) in [5.74, 6) is 0. The second kappa shape index (κ2) is 5.69. The second-order valence-electron chi connectivity index (χ2n) is 5.10. The van der Waals surface area contributed by atoms with Crippen LogP contribution in [0, 0.1) is 0 Å². The quantitative estimate of drug-likeness (QED) is 0.841. The first kappa shape index (κ1) is 15.0. The zero-order valence-corrected chi connectivity index (χ0v) is 13.5. The van der Waals surface area contributed by atoms with Crippen molar-refractivity contribution in [1.29, 1.82) is 0 Å². The Hall–Kier alpha value is -0.940. The van der Waals surface area contributed by atoms with E-state index >= 15 is 0 Å². The van der Waals surface area contributed by atoms with Crippen LogP contribution in [-0.4, -0.2) is 19.4 Å². The minimum absolute atomic E-state index is 0.445. The average molecular weight is 341 g/mol. The Morgan fingerprint density at radius 3 is 2.95 bits per heavy atom. The summed E-state index contributed by atoms with van der Waals surface area (Å²) in [6.45, 7) is 4.45. The highest BCUT2D eigenvalue weighted by molar-refractivity contribution is 8.01. The Labute approximate surface area is 137 Å². The molecule has 0 aliphatic carbocycles. The van der Waals surface area contributed by atoms with Crippen molar-refractivity contribution in [2.75, 3.05) is 0 Å². The van der Waals surface area contributed by atoms with E-state index in [1.54, 1.807) is 30.4 Å². The van der Waals surface area contributed by atoms with E-state index in [2.05, 4.69) is 11.6 Å². The molecule has 0 saturated heterocycles. The molecule has 21 heavy (non-hydrogen) atoms. The zero-order valence-electron chi connectivity index (χ0n) is 11.2. The number of aliphatic hydroxyl groups is 1. The molecule has 1 aliphatic rings. The molecular formula is C15H14Cl2N2OS. The van der Waals surface area contributed by atoms with Crippen LogP contribution in [0.15, 0.2) is 48.4 Å². The van der Waals surface area contributed by atoms with Crippen molar-refractivity contribution < 1.29 is 5.11 Å². The summed E-state index contributed by atoms with van der Waals surface area (Å²) < 4.78 is 1.51. The maximum absolute atomic E-state index is 10.9. The van der Waals surface area contributed by atoms with Crippen LogP contribution >= 0.6 is 35.0 Å². The fourth-order valence-corrected chi connectivity index (χ4v) is 5.04. The van der Waals surface area contributed by atoms with Gasteiger partial charge in [0, 0.05) is 39.4 Å². The molecule has 0 bridgehead atoms. The van der Waals surface area contributed by atoms with Crippen molar-refractivity contribution in [2.24, 2.45) is 0 Å². The molecule has 3 rings (SSSR count). The van der Waals surface area contributed by atoms with Gasteiger partial charge in [-0.3, -0.25) is 0 Å². The summed E-state index contributed by atoms with van der Waals surface area (Å²) in [4.78, 5) is 4.99. The summed E-state index contributed by atoms with van der Waals surface area (Å²) in [6, 6.07) is 3.53. The number of imidazole rings is 1. The molecule has 1 aliphatic heterocycles. The summed E-state index contributed by atoms with van der Waals surface area (Å²) in [5, 5.41) is 12.0. The molecule has 3 nitrogen and oxygen atoms in total. The Morgan fingerprint density at radius 2 is 2.29 bits per heavy atom. The number of fused-ring (bicyclic) bond motifs is 1. The normalized spacial score (nSPS) is 24.0. The Kier molecular flexibility index (Phi) is 4.06. The van der Waals surface area contributed by atoms with Crippen LogP contribution in [0.1, 0.15) is 18.1 Å². The van der Waals surface area contributed by atoms with Gasteiger partial charge in [0.1, 0.15) is 0 Å². The van der Waals surface area contributed by atoms with Gasteiger partial charge in [0.2, 0.25) is 0 Å². The lowest BCUT2D eigenvalue weighted by Gasteiger charge is -2.31. The lowest BCUT2D eigenvalue weighted by atomic mass is 9.92. The first-order chi connectivity index (χ1) is 10.1. The van der Waals surface area contributed by atoms with Crippen LogP contribution in [0.2, 0.25) is 10.0 Å². The van der Waals surface area contributed by atoms with Crippen molar-refractivity contribution in [3.63, 3.8) is 0 Å². The first-order valence-electron chi connectivity index (χ1n) is 6.48. The number of rotatable bonds is 4. The highest BCUT2D eigenvalue weighted by atomic mass is 35.5. The van der Waals surface area contributed by atoms with Crippen LogP contribution in [-0.2, 0) is 6.54 Å². The number of benzene rings is 1. The summed E-state index contributed by atoms with van der Waals surface area (Å²) >= 11 is 14.0. The third-order valence-corrected chi connectivity index (χ3v) is 5.65. The van der Waals surface area contributed by atoms with Gasteiger partial charge in [0.25, 0.3) is 0 Å². The molecule has 1 N–H and O–H groups in total. The van der Waals surface area contributed by atoms with Gasteiger partial charge < -0.3 is 9.67 Å². The predicted molar refractivity (Wildman–Crippen MR) is 87.1 cm³/mol. The molecule has 0 fully saturated rings. The number of nitrogens with zero attached hydrogens (tertiary/aromatic N) is 2. The van der Waals surface area contributed by atoms with Gasteiger partial charge in [0.15, 0.2) is 0 Å². The number of allylic oxidation sites excluding steroid dienone is 1. The zero-order chi connectivity index (χ0) is 15.0. The lowest BCUT2D eigenvalue weighted by molar-refractivity contribution is 0.124. The highest BCUT2D eigenvalue weighted by Crippen LogP contribution is 2.57. The number of aromatic nitrogens is 2. The predicted octanol–water partition coefficient (Wildman–Crippen LogP) is 4.34. The molecule has 0 saturated carbocycles. The van der Waals surface area contributed by atoms with Crippen molar-refractivity contribution in [3.8, 4) is 0 Å². The standard InChI is InChI=1S/C15H14Cl2N2OS/c1-2-3-15(8-19-5-4-18-9-19)14(20)13-11(17)6-10(16)7-12(13)21-15/h2,4-7,9,14,20H,1,3,8H2/t14-,15-/m0/s1. The molecule has 0 unspecified atom stereocenters. The topological polar surface area (TPSA) is 38.0 Å². The molecule has 0 amide bonds. The maximum atomic E-state index is 10.9. The number of hydrogen-bond acceptors (Lipinski definition) is 3. The van der Waals surface area contributed by atoms with Crippen molar-refractivity contribution >= 4 is 35.0 Å². The van der Waals surface area contributed by atoms with E-state index in [1.807, 2.05) is 22.9 Å². The van der Waals surface area contributed by atoms with E-state index in [0.717, 1.165) is 10.5 Å². The fourth-order valence-electron chi connectivity index (χ4n) is 2.72. The van der Waals surface area contributed by atoms with Crippen molar-refractivity contribution in [1.82, 2.24) is 9.55 Å². The van der Waals surface area contributed by atoms with Gasteiger partial charge in [-0.05, 0) is 18.6 Å². The summed E-state index contributed by atoms with van der Waals surface area (Å²) in [6.07, 6.45) is 7.16. The monoisotopic (exact) mass is 340 g/mol. The lowest BCUT2D eigenvalue weighted by Crippen LogP contribution is -2.33. The van der Waals surface area contributed by atoms with E-state index in [1.165, 1.54) is 0 Å². The third-order valence-electron chi connectivity index (χ3n) is 3.64. The van der Waals surface area contributed by atoms with Crippen molar-refractivity contribution in [2.45, 2.75) is 28.7 Å². The van der Waals surface area contributed by atoms with Gasteiger partial charge in [-0.2, -0.15) is 0 Å². The Morgan fingerprint density at radius 1 is 1.48 bits per heavy atom. The molecule has 0 spiro atoms. The number of halogens is 2. The van der Waals surface area contributed by atoms with Gasteiger partial charge in [-0.1, -0.05) is 29.3 Å². The molecule has 110 valence electrons. The van der Waals surface area contributed by atoms with Crippen LogP contribution in [0.3, 0.4) is 0 Å². The van der Waals surface area contributed by atoms with Gasteiger partial charge >= 0.3 is 0 Å². The van der Waals surface area contributed by atoms with E-state index in [0.29, 0.717) is 23.0 Å².